The molecule has 1 saturated heterocycles. The Morgan fingerprint density at radius 3 is 2.39 bits per heavy atom. The molecule has 9 nitrogen and oxygen atoms in total. The highest BCUT2D eigenvalue weighted by Gasteiger charge is 2.30. The van der Waals surface area contributed by atoms with Gasteiger partial charge in [0.15, 0.2) is 0 Å². The highest BCUT2D eigenvalue weighted by Crippen LogP contribution is 2.35. The maximum Gasteiger partial charge on any atom is 0.323 e. The van der Waals surface area contributed by atoms with Crippen LogP contribution in [0.3, 0.4) is 0 Å². The quantitative estimate of drug-likeness (QED) is 0.157. The van der Waals surface area contributed by atoms with Crippen LogP contribution >= 0.6 is 11.6 Å². The molecule has 1 unspecified atom stereocenters. The number of hydrogen-bond donors (Lipinski definition) is 2. The fourth-order valence-electron chi connectivity index (χ4n) is 5.61. The van der Waals surface area contributed by atoms with Crippen LogP contribution in [0.1, 0.15) is 65.5 Å². The summed E-state index contributed by atoms with van der Waals surface area (Å²) in [6.07, 6.45) is 4.56. The van der Waals surface area contributed by atoms with Crippen LogP contribution in [0.15, 0.2) is 79.0 Å². The third kappa shape index (κ3) is 8.54. The normalized spacial score (nSPS) is 14.4. The molecule has 1 aliphatic heterocycles. The smallest absolute Gasteiger partial charge is 0.323 e. The molecule has 240 valence electrons. The van der Waals surface area contributed by atoms with E-state index in [0.29, 0.717) is 53.3 Å². The van der Waals surface area contributed by atoms with Gasteiger partial charge in [-0.2, -0.15) is 0 Å². The topological polar surface area (TPSA) is 122 Å². The number of halogens is 1. The van der Waals surface area contributed by atoms with Crippen molar-refractivity contribution in [3.8, 4) is 5.75 Å². The van der Waals surface area contributed by atoms with E-state index in [0.717, 1.165) is 41.8 Å². The van der Waals surface area contributed by atoms with Crippen LogP contribution in [0, 0.1) is 5.92 Å². The molecule has 1 aromatic heterocycles. The maximum atomic E-state index is 14.0. The third-order valence-electron chi connectivity index (χ3n) is 7.97. The standard InChI is InChI=1S/C36H40ClN5O4/c1-24(2)23-46-30-16-7-25(8-17-30)9-18-32-31(35(45)41(22-34(43)44)21-26-5-14-29(38)15-6-26)20-39-36(40-32)42-19-3-4-33(42)27-10-12-28(37)13-11-27/h5-8,10-17,20,24,33H,3-4,9,18-19,21-23,38H2,1-2H3,(H,43,44). The summed E-state index contributed by atoms with van der Waals surface area (Å²) >= 11 is 6.15. The van der Waals surface area contributed by atoms with E-state index in [1.54, 1.807) is 30.5 Å². The van der Waals surface area contributed by atoms with Crippen molar-refractivity contribution in [1.29, 1.82) is 0 Å². The number of carboxylic acid groups (broad SMARTS) is 1. The van der Waals surface area contributed by atoms with E-state index in [9.17, 15) is 14.7 Å². The number of aryl methyl sites for hydroxylation is 2. The number of carbonyl (C=O) groups is 2. The first kappa shape index (κ1) is 32.8. The Labute approximate surface area is 275 Å². The molecule has 1 fully saturated rings. The summed E-state index contributed by atoms with van der Waals surface area (Å²) in [4.78, 5) is 39.0. The maximum absolute atomic E-state index is 14.0. The zero-order chi connectivity index (χ0) is 32.6. The van der Waals surface area contributed by atoms with Crippen molar-refractivity contribution >= 4 is 35.1 Å². The summed E-state index contributed by atoms with van der Waals surface area (Å²) in [5.74, 6) is 0.245. The van der Waals surface area contributed by atoms with Crippen molar-refractivity contribution in [2.75, 3.05) is 30.3 Å². The molecule has 0 aliphatic carbocycles. The van der Waals surface area contributed by atoms with Gasteiger partial charge in [0, 0.05) is 30.0 Å². The highest BCUT2D eigenvalue weighted by atomic mass is 35.5. The van der Waals surface area contributed by atoms with Gasteiger partial charge in [0.2, 0.25) is 5.95 Å². The SMILES string of the molecule is CC(C)COc1ccc(CCc2nc(N3CCCC3c3ccc(Cl)cc3)ncc2C(=O)N(CC(=O)O)Cc2ccc(N)cc2)cc1. The van der Waals surface area contributed by atoms with Gasteiger partial charge in [0.05, 0.1) is 23.9 Å². The first-order valence-electron chi connectivity index (χ1n) is 15.6. The Balaban J connectivity index is 1.44. The van der Waals surface area contributed by atoms with E-state index >= 15 is 0 Å². The molecule has 4 aromatic rings. The largest absolute Gasteiger partial charge is 0.493 e. The van der Waals surface area contributed by atoms with E-state index in [4.69, 9.17) is 27.1 Å². The average molecular weight is 642 g/mol. The molecule has 46 heavy (non-hydrogen) atoms. The van der Waals surface area contributed by atoms with Crippen LogP contribution in [-0.4, -0.2) is 51.5 Å². The number of anilines is 2. The van der Waals surface area contributed by atoms with Gasteiger partial charge in [-0.3, -0.25) is 9.59 Å². The van der Waals surface area contributed by atoms with Crippen molar-refractivity contribution in [3.05, 3.63) is 112 Å². The molecule has 5 rings (SSSR count). The zero-order valence-electron chi connectivity index (χ0n) is 26.2. The minimum Gasteiger partial charge on any atom is -0.493 e. The fourth-order valence-corrected chi connectivity index (χ4v) is 5.73. The number of nitrogen functional groups attached to an aromatic ring is 1. The number of nitrogens with zero attached hydrogens (tertiary/aromatic N) is 4. The van der Waals surface area contributed by atoms with Crippen molar-refractivity contribution in [2.24, 2.45) is 5.92 Å². The summed E-state index contributed by atoms with van der Waals surface area (Å²) in [6.45, 7) is 5.28. The summed E-state index contributed by atoms with van der Waals surface area (Å²) < 4.78 is 5.84. The minimum atomic E-state index is -1.11. The molecule has 1 aliphatic rings. The number of aromatic nitrogens is 2. The second kappa shape index (κ2) is 15.1. The molecular weight excluding hydrogens is 602 g/mol. The van der Waals surface area contributed by atoms with E-state index in [1.807, 2.05) is 48.5 Å². The van der Waals surface area contributed by atoms with Crippen molar-refractivity contribution < 1.29 is 19.4 Å². The van der Waals surface area contributed by atoms with Crippen LogP contribution in [-0.2, 0) is 24.2 Å². The molecule has 1 amide bonds. The van der Waals surface area contributed by atoms with Gasteiger partial charge < -0.3 is 25.4 Å². The van der Waals surface area contributed by atoms with Crippen LogP contribution in [0.5, 0.6) is 5.75 Å². The Bertz CT molecular complexity index is 1630. The number of amides is 1. The lowest BCUT2D eigenvalue weighted by Gasteiger charge is -2.27. The average Bonchev–Trinajstić information content (AvgIpc) is 3.54. The lowest BCUT2D eigenvalue weighted by molar-refractivity contribution is -0.137. The predicted molar refractivity (Wildman–Crippen MR) is 180 cm³/mol. The van der Waals surface area contributed by atoms with Gasteiger partial charge in [-0.15, -0.1) is 0 Å². The summed E-state index contributed by atoms with van der Waals surface area (Å²) in [7, 11) is 0. The Hall–Kier alpha value is -4.63. The number of aliphatic carboxylic acids is 1. The lowest BCUT2D eigenvalue weighted by atomic mass is 10.0. The van der Waals surface area contributed by atoms with E-state index in [1.165, 1.54) is 4.90 Å². The zero-order valence-corrected chi connectivity index (χ0v) is 27.0. The Morgan fingerprint density at radius 1 is 1.02 bits per heavy atom. The Kier molecular flexibility index (Phi) is 10.8. The number of ether oxygens (including phenoxy) is 1. The molecule has 1 atom stereocenters. The van der Waals surface area contributed by atoms with E-state index in [-0.39, 0.29) is 12.6 Å². The van der Waals surface area contributed by atoms with Gasteiger partial charge in [-0.1, -0.05) is 61.8 Å². The van der Waals surface area contributed by atoms with Crippen molar-refractivity contribution in [2.45, 2.75) is 52.1 Å². The Morgan fingerprint density at radius 2 is 1.72 bits per heavy atom. The fraction of sp³-hybridized carbons (Fsp3) is 0.333. The van der Waals surface area contributed by atoms with Gasteiger partial charge in [0.25, 0.3) is 5.91 Å². The molecule has 0 spiro atoms. The van der Waals surface area contributed by atoms with Gasteiger partial charge in [-0.25, -0.2) is 9.97 Å². The van der Waals surface area contributed by atoms with Crippen LogP contribution in [0.2, 0.25) is 5.02 Å². The summed E-state index contributed by atoms with van der Waals surface area (Å²) in [5, 5.41) is 10.4. The van der Waals surface area contributed by atoms with Gasteiger partial charge in [0.1, 0.15) is 12.3 Å². The van der Waals surface area contributed by atoms with Crippen molar-refractivity contribution in [1.82, 2.24) is 14.9 Å². The van der Waals surface area contributed by atoms with Gasteiger partial charge >= 0.3 is 5.97 Å². The summed E-state index contributed by atoms with van der Waals surface area (Å²) in [6, 6.07) is 22.9. The first-order chi connectivity index (χ1) is 22.2. The molecule has 0 radical (unpaired) electrons. The monoisotopic (exact) mass is 641 g/mol. The molecule has 0 saturated carbocycles. The second-order valence-electron chi connectivity index (χ2n) is 12.1. The number of carboxylic acids is 1. The van der Waals surface area contributed by atoms with Crippen LogP contribution in [0.25, 0.3) is 0 Å². The van der Waals surface area contributed by atoms with E-state index in [2.05, 4.69) is 23.7 Å². The minimum absolute atomic E-state index is 0.0825. The molecule has 2 heterocycles. The number of rotatable bonds is 13. The third-order valence-corrected chi connectivity index (χ3v) is 8.23. The number of nitrogens with two attached hydrogens (primary N) is 1. The molecule has 10 heteroatoms. The predicted octanol–water partition coefficient (Wildman–Crippen LogP) is 6.60. The van der Waals surface area contributed by atoms with Gasteiger partial charge in [-0.05, 0) is 84.7 Å². The highest BCUT2D eigenvalue weighted by molar-refractivity contribution is 6.30. The number of benzene rings is 3. The summed E-state index contributed by atoms with van der Waals surface area (Å²) in [5.41, 5.74) is 10.3. The number of carbonyl (C=O) groups excluding carboxylic acids is 1. The van der Waals surface area contributed by atoms with Crippen LogP contribution < -0.4 is 15.4 Å². The molecule has 0 bridgehead atoms. The van der Waals surface area contributed by atoms with E-state index < -0.39 is 18.4 Å². The van der Waals surface area contributed by atoms with Crippen molar-refractivity contribution in [3.63, 3.8) is 0 Å². The molecule has 3 N–H and O–H groups in total. The second-order valence-corrected chi connectivity index (χ2v) is 12.5. The lowest BCUT2D eigenvalue weighted by Crippen LogP contribution is -2.36. The number of hydrogen-bond acceptors (Lipinski definition) is 7. The molecular formula is C36H40ClN5O4. The molecule has 3 aromatic carbocycles. The van der Waals surface area contributed by atoms with Crippen LogP contribution in [0.4, 0.5) is 11.6 Å². The first-order valence-corrected chi connectivity index (χ1v) is 16.0.